The molecule has 1 rings (SSSR count). The Balaban J connectivity index is 3.28. The quantitative estimate of drug-likeness (QED) is 0.706. The molecular weight excluding hydrogens is 240 g/mol. The lowest BCUT2D eigenvalue weighted by molar-refractivity contribution is 0.101. The first-order valence-corrected chi connectivity index (χ1v) is 6.89. The molecule has 105 valence electrons. The Labute approximate surface area is 115 Å². The summed E-state index contributed by atoms with van der Waals surface area (Å²) in [4.78, 5) is 24.5. The molecule has 5 nitrogen and oxygen atoms in total. The van der Waals surface area contributed by atoms with Gasteiger partial charge in [-0.1, -0.05) is 0 Å². The van der Waals surface area contributed by atoms with Crippen LogP contribution in [-0.2, 0) is 0 Å². The van der Waals surface area contributed by atoms with Crippen LogP contribution in [0.3, 0.4) is 0 Å². The van der Waals surface area contributed by atoms with E-state index in [9.17, 15) is 4.79 Å². The van der Waals surface area contributed by atoms with Gasteiger partial charge in [-0.15, -0.1) is 0 Å². The average Bonchev–Trinajstić information content (AvgIpc) is 2.41. The van der Waals surface area contributed by atoms with E-state index >= 15 is 0 Å². The van der Waals surface area contributed by atoms with Crippen LogP contribution in [0.15, 0.2) is 0 Å². The number of rotatable bonds is 7. The van der Waals surface area contributed by atoms with E-state index in [0.717, 1.165) is 26.2 Å². The molecule has 0 spiro atoms. The van der Waals surface area contributed by atoms with E-state index in [4.69, 9.17) is 0 Å². The number of hydrogen-bond donors (Lipinski definition) is 0. The summed E-state index contributed by atoms with van der Waals surface area (Å²) in [6.07, 6.45) is 2.86. The number of nitrogens with zero attached hydrogens (tertiary/aromatic N) is 4. The third-order valence-corrected chi connectivity index (χ3v) is 3.16. The van der Waals surface area contributed by atoms with Crippen LogP contribution in [0.5, 0.6) is 0 Å². The van der Waals surface area contributed by atoms with Crippen LogP contribution < -0.4 is 9.80 Å². The number of hydrogen-bond acceptors (Lipinski definition) is 5. The highest BCUT2D eigenvalue weighted by Gasteiger charge is 2.17. The predicted molar refractivity (Wildman–Crippen MR) is 78.0 cm³/mol. The summed E-state index contributed by atoms with van der Waals surface area (Å²) in [5, 5.41) is 0. The van der Waals surface area contributed by atoms with Gasteiger partial charge in [0.25, 0.3) is 0 Å². The molecule has 1 radical (unpaired) electrons. The van der Waals surface area contributed by atoms with E-state index in [2.05, 4.69) is 34.9 Å². The number of carbonyl (C=O) groups is 1. The summed E-state index contributed by atoms with van der Waals surface area (Å²) in [7, 11) is 0. The van der Waals surface area contributed by atoms with Crippen molar-refractivity contribution in [3.8, 4) is 0 Å². The van der Waals surface area contributed by atoms with Crippen molar-refractivity contribution in [2.45, 2.75) is 34.6 Å². The fourth-order valence-corrected chi connectivity index (χ4v) is 1.97. The molecule has 0 aliphatic rings. The minimum Gasteiger partial charge on any atom is -0.356 e. The summed E-state index contributed by atoms with van der Waals surface area (Å²) in [5.74, 6) is 1.28. The topological polar surface area (TPSA) is 49.3 Å². The van der Waals surface area contributed by atoms with Crippen molar-refractivity contribution in [3.05, 3.63) is 11.8 Å². The summed E-state index contributed by atoms with van der Waals surface area (Å²) in [6.45, 7) is 13.0. The van der Waals surface area contributed by atoms with Crippen molar-refractivity contribution in [1.29, 1.82) is 0 Å². The lowest BCUT2D eigenvalue weighted by Crippen LogP contribution is -2.29. The fourth-order valence-electron chi connectivity index (χ4n) is 1.97. The molecule has 5 heteroatoms. The van der Waals surface area contributed by atoms with Crippen molar-refractivity contribution < 1.29 is 4.79 Å². The van der Waals surface area contributed by atoms with E-state index < -0.39 is 0 Å². The van der Waals surface area contributed by atoms with Gasteiger partial charge in [-0.3, -0.25) is 4.79 Å². The highest BCUT2D eigenvalue weighted by molar-refractivity contribution is 5.98. The minimum absolute atomic E-state index is 0.0482. The Morgan fingerprint density at radius 1 is 1.05 bits per heavy atom. The van der Waals surface area contributed by atoms with Crippen molar-refractivity contribution in [1.82, 2.24) is 9.97 Å². The van der Waals surface area contributed by atoms with E-state index in [1.165, 1.54) is 6.92 Å². The van der Waals surface area contributed by atoms with Crippen molar-refractivity contribution in [3.63, 3.8) is 0 Å². The third kappa shape index (κ3) is 3.43. The van der Waals surface area contributed by atoms with Gasteiger partial charge in [0, 0.05) is 26.2 Å². The largest absolute Gasteiger partial charge is 0.356 e. The normalized spacial score (nSPS) is 10.4. The van der Waals surface area contributed by atoms with E-state index in [1.807, 2.05) is 18.7 Å². The van der Waals surface area contributed by atoms with Crippen LogP contribution in [0.4, 0.5) is 11.8 Å². The molecule has 0 aliphatic carbocycles. The number of anilines is 2. The zero-order valence-corrected chi connectivity index (χ0v) is 12.5. The predicted octanol–water partition coefficient (Wildman–Crippen LogP) is 2.17. The van der Waals surface area contributed by atoms with Crippen molar-refractivity contribution in [2.24, 2.45) is 0 Å². The molecule has 1 heterocycles. The van der Waals surface area contributed by atoms with Crippen LogP contribution in [0, 0.1) is 6.20 Å². The van der Waals surface area contributed by atoms with Gasteiger partial charge >= 0.3 is 0 Å². The zero-order valence-electron chi connectivity index (χ0n) is 12.5. The van der Waals surface area contributed by atoms with Gasteiger partial charge in [0.2, 0.25) is 5.95 Å². The van der Waals surface area contributed by atoms with Gasteiger partial charge in [-0.05, 0) is 34.6 Å². The molecule has 0 saturated carbocycles. The summed E-state index contributed by atoms with van der Waals surface area (Å²) in [5.41, 5.74) is 0.472. The Hall–Kier alpha value is -1.65. The highest BCUT2D eigenvalue weighted by atomic mass is 16.1. The number of carbonyl (C=O) groups excluding carboxylic acids is 1. The molecular formula is C14H23N4O. The third-order valence-electron chi connectivity index (χ3n) is 3.16. The molecule has 0 N–H and O–H groups in total. The van der Waals surface area contributed by atoms with E-state index in [0.29, 0.717) is 17.3 Å². The standard InChI is InChI=1S/C14H23N4O/c1-6-17(7-2)13-12(11(5)19)10-15-14(16-13)18(8-3)9-4/h6-9H2,1-5H3. The number of ketones is 1. The van der Waals surface area contributed by atoms with E-state index in [-0.39, 0.29) is 5.78 Å². The van der Waals surface area contributed by atoms with Gasteiger partial charge < -0.3 is 9.80 Å². The lowest BCUT2D eigenvalue weighted by Gasteiger charge is -2.24. The van der Waals surface area contributed by atoms with Gasteiger partial charge in [0.1, 0.15) is 12.0 Å². The first-order chi connectivity index (χ1) is 9.08. The monoisotopic (exact) mass is 263 g/mol. The summed E-state index contributed by atoms with van der Waals surface area (Å²) < 4.78 is 0. The fraction of sp³-hybridized carbons (Fsp3) is 0.643. The Kier molecular flexibility index (Phi) is 5.73. The Morgan fingerprint density at radius 3 is 2.00 bits per heavy atom. The molecule has 19 heavy (non-hydrogen) atoms. The smallest absolute Gasteiger partial charge is 0.227 e. The van der Waals surface area contributed by atoms with Gasteiger partial charge in [0.05, 0.1) is 5.56 Å². The Morgan fingerprint density at radius 2 is 1.58 bits per heavy atom. The zero-order chi connectivity index (χ0) is 14.4. The van der Waals surface area contributed by atoms with Crippen molar-refractivity contribution >= 4 is 17.5 Å². The maximum absolute atomic E-state index is 11.7. The maximum atomic E-state index is 11.7. The first-order valence-electron chi connectivity index (χ1n) is 6.89. The lowest BCUT2D eigenvalue weighted by atomic mass is 10.2. The van der Waals surface area contributed by atoms with Gasteiger partial charge in [-0.25, -0.2) is 4.98 Å². The number of Topliss-reactive ketones (excluding diaryl/α,β-unsaturated/α-hetero) is 1. The molecule has 1 aromatic heterocycles. The Bertz CT molecular complexity index is 425. The minimum atomic E-state index is -0.0482. The second-order valence-electron chi connectivity index (χ2n) is 4.23. The summed E-state index contributed by atoms with van der Waals surface area (Å²) in [6, 6.07) is 0. The average molecular weight is 263 g/mol. The van der Waals surface area contributed by atoms with Gasteiger partial charge in [0.15, 0.2) is 5.78 Å². The molecule has 0 aliphatic heterocycles. The highest BCUT2D eigenvalue weighted by Crippen LogP contribution is 2.20. The molecule has 0 saturated heterocycles. The van der Waals surface area contributed by atoms with Crippen LogP contribution in [0.1, 0.15) is 45.0 Å². The van der Waals surface area contributed by atoms with Crippen LogP contribution in [0.2, 0.25) is 0 Å². The summed E-state index contributed by atoms with van der Waals surface area (Å²) >= 11 is 0. The van der Waals surface area contributed by atoms with Crippen LogP contribution in [0.25, 0.3) is 0 Å². The molecule has 1 aromatic rings. The number of aromatic nitrogens is 2. The SMILES string of the molecule is CCN(CC)c1n[c]c(C(C)=O)c(N(CC)CC)n1. The van der Waals surface area contributed by atoms with Gasteiger partial charge in [-0.2, -0.15) is 4.98 Å². The molecule has 0 unspecified atom stereocenters. The first kappa shape index (κ1) is 15.4. The molecule has 0 atom stereocenters. The molecule has 0 amide bonds. The molecule has 0 bridgehead atoms. The second-order valence-corrected chi connectivity index (χ2v) is 4.23. The molecule has 0 aromatic carbocycles. The van der Waals surface area contributed by atoms with Crippen LogP contribution >= 0.6 is 0 Å². The maximum Gasteiger partial charge on any atom is 0.227 e. The van der Waals surface area contributed by atoms with Crippen molar-refractivity contribution in [2.75, 3.05) is 36.0 Å². The molecule has 0 fully saturated rings. The van der Waals surface area contributed by atoms with Crippen LogP contribution in [-0.4, -0.2) is 41.9 Å². The van der Waals surface area contributed by atoms with E-state index in [1.54, 1.807) is 0 Å². The second kappa shape index (κ2) is 7.07.